The van der Waals surface area contributed by atoms with Crippen LogP contribution in [0.5, 0.6) is 5.75 Å². The molecule has 5 unspecified atom stereocenters. The van der Waals surface area contributed by atoms with Crippen LogP contribution in [0.25, 0.3) is 0 Å². The largest absolute Gasteiger partial charge is 0.497 e. The maximum Gasteiger partial charge on any atom is 0.225 e. The van der Waals surface area contributed by atoms with Gasteiger partial charge in [0, 0.05) is 12.0 Å². The molecule has 5 atom stereocenters. The average molecular weight is 406 g/mol. The number of rotatable bonds is 5. The van der Waals surface area contributed by atoms with Crippen molar-refractivity contribution in [2.45, 2.75) is 36.1 Å². The van der Waals surface area contributed by atoms with Gasteiger partial charge in [0.25, 0.3) is 0 Å². The molecule has 0 aromatic heterocycles. The molecule has 2 bridgehead atoms. The third-order valence-electron chi connectivity index (χ3n) is 5.73. The van der Waals surface area contributed by atoms with Crippen molar-refractivity contribution in [1.82, 2.24) is 0 Å². The first-order valence-corrected chi connectivity index (χ1v) is 9.26. The van der Waals surface area contributed by atoms with E-state index in [-0.39, 0.29) is 18.6 Å². The highest BCUT2D eigenvalue weighted by Crippen LogP contribution is 2.49. The van der Waals surface area contributed by atoms with Gasteiger partial charge in [0.05, 0.1) is 20.3 Å². The van der Waals surface area contributed by atoms with E-state index >= 15 is 0 Å². The lowest BCUT2D eigenvalue weighted by Gasteiger charge is -2.45. The van der Waals surface area contributed by atoms with Crippen molar-refractivity contribution in [2.24, 2.45) is 0 Å². The Morgan fingerprint density at radius 2 is 1.83 bits per heavy atom. The van der Waals surface area contributed by atoms with Gasteiger partial charge in [-0.2, -0.15) is 0 Å². The van der Waals surface area contributed by atoms with Crippen LogP contribution in [0, 0.1) is 5.82 Å². The monoisotopic (exact) mass is 406 g/mol. The van der Waals surface area contributed by atoms with Crippen molar-refractivity contribution in [3.05, 3.63) is 65.0 Å². The standard InChI is InChI=1S/C21H23FO7/c1-27-15-5-2-12(3-6-15)8-13-9-14(4-7-16(13)22)21-19(26)17(24)18(25)20(10-23,29-21)11-28-21/h2-7,9,17-19,23-26H,8,10-11H2,1H3. The Morgan fingerprint density at radius 1 is 1.10 bits per heavy atom. The van der Waals surface area contributed by atoms with Crippen LogP contribution in [0.15, 0.2) is 42.5 Å². The van der Waals surface area contributed by atoms with E-state index in [1.807, 2.05) is 12.1 Å². The Balaban J connectivity index is 1.69. The maximum atomic E-state index is 14.5. The summed E-state index contributed by atoms with van der Waals surface area (Å²) >= 11 is 0. The molecule has 2 heterocycles. The van der Waals surface area contributed by atoms with Gasteiger partial charge in [-0.05, 0) is 35.4 Å². The van der Waals surface area contributed by atoms with Crippen LogP contribution in [0.3, 0.4) is 0 Å². The van der Waals surface area contributed by atoms with Crippen LogP contribution in [0.2, 0.25) is 0 Å². The summed E-state index contributed by atoms with van der Waals surface area (Å²) in [5.74, 6) is -1.57. The molecule has 4 N–H and O–H groups in total. The summed E-state index contributed by atoms with van der Waals surface area (Å²) < 4.78 is 31.1. The topological polar surface area (TPSA) is 109 Å². The van der Waals surface area contributed by atoms with Crippen molar-refractivity contribution in [2.75, 3.05) is 20.3 Å². The summed E-state index contributed by atoms with van der Waals surface area (Å²) in [7, 11) is 1.56. The molecule has 2 aromatic carbocycles. The van der Waals surface area contributed by atoms with Crippen LogP contribution >= 0.6 is 0 Å². The lowest BCUT2D eigenvalue weighted by molar-refractivity contribution is -0.329. The predicted molar refractivity (Wildman–Crippen MR) is 98.8 cm³/mol. The van der Waals surface area contributed by atoms with Gasteiger partial charge in [0.15, 0.2) is 0 Å². The summed E-state index contributed by atoms with van der Waals surface area (Å²) in [6.07, 6.45) is -4.49. The van der Waals surface area contributed by atoms with Crippen molar-refractivity contribution in [3.63, 3.8) is 0 Å². The second-order valence-corrected chi connectivity index (χ2v) is 7.49. The number of halogens is 1. The Morgan fingerprint density at radius 3 is 2.48 bits per heavy atom. The summed E-state index contributed by atoms with van der Waals surface area (Å²) in [5.41, 5.74) is -0.0971. The number of ether oxygens (including phenoxy) is 3. The molecule has 0 aliphatic carbocycles. The highest BCUT2D eigenvalue weighted by atomic mass is 19.1. The Kier molecular flexibility index (Phi) is 5.10. The van der Waals surface area contributed by atoms with Crippen molar-refractivity contribution in [1.29, 1.82) is 0 Å². The molecule has 2 aliphatic heterocycles. The summed E-state index contributed by atoms with van der Waals surface area (Å²) in [4.78, 5) is 0. The lowest BCUT2D eigenvalue weighted by atomic mass is 9.83. The van der Waals surface area contributed by atoms with Gasteiger partial charge < -0.3 is 34.6 Å². The number of hydrogen-bond acceptors (Lipinski definition) is 7. The van der Waals surface area contributed by atoms with Crippen molar-refractivity contribution >= 4 is 0 Å². The Labute approximate surface area is 166 Å². The molecule has 0 radical (unpaired) electrons. The highest BCUT2D eigenvalue weighted by Gasteiger charge is 2.67. The molecular weight excluding hydrogens is 383 g/mol. The highest BCUT2D eigenvalue weighted by molar-refractivity contribution is 5.36. The molecule has 2 fully saturated rings. The smallest absolute Gasteiger partial charge is 0.225 e. The third-order valence-corrected chi connectivity index (χ3v) is 5.73. The fourth-order valence-electron chi connectivity index (χ4n) is 3.97. The molecule has 2 saturated heterocycles. The normalized spacial score (nSPS) is 33.7. The van der Waals surface area contributed by atoms with E-state index in [1.54, 1.807) is 19.2 Å². The van der Waals surface area contributed by atoms with E-state index in [0.717, 1.165) is 5.56 Å². The van der Waals surface area contributed by atoms with Gasteiger partial charge in [-0.3, -0.25) is 0 Å². The maximum absolute atomic E-state index is 14.5. The predicted octanol–water partition coefficient (Wildman–Crippen LogP) is 0.452. The van der Waals surface area contributed by atoms with E-state index in [4.69, 9.17) is 14.2 Å². The molecule has 0 spiro atoms. The van der Waals surface area contributed by atoms with Gasteiger partial charge >= 0.3 is 0 Å². The second kappa shape index (κ2) is 7.32. The Hall–Kier alpha value is -2.07. The van der Waals surface area contributed by atoms with E-state index in [9.17, 15) is 24.8 Å². The SMILES string of the molecule is COc1ccc(Cc2cc(C34OCC(CO)(O3)C(O)C(O)C4O)ccc2F)cc1. The fraction of sp³-hybridized carbons (Fsp3) is 0.429. The van der Waals surface area contributed by atoms with Gasteiger partial charge in [0.2, 0.25) is 5.79 Å². The first-order chi connectivity index (χ1) is 13.8. The molecule has 8 heteroatoms. The van der Waals surface area contributed by atoms with Crippen LogP contribution < -0.4 is 4.74 Å². The second-order valence-electron chi connectivity index (χ2n) is 7.49. The number of hydrogen-bond donors (Lipinski definition) is 4. The van der Waals surface area contributed by atoms with Gasteiger partial charge in [0.1, 0.15) is 35.5 Å². The first-order valence-electron chi connectivity index (χ1n) is 9.26. The molecule has 0 saturated carbocycles. The van der Waals surface area contributed by atoms with Crippen LogP contribution in [-0.2, 0) is 21.7 Å². The quantitative estimate of drug-likeness (QED) is 0.571. The zero-order valence-electron chi connectivity index (χ0n) is 15.8. The van der Waals surface area contributed by atoms with E-state index in [2.05, 4.69) is 0 Å². The number of benzene rings is 2. The van der Waals surface area contributed by atoms with Crippen LogP contribution in [-0.4, -0.2) is 64.7 Å². The van der Waals surface area contributed by atoms with E-state index < -0.39 is 42.1 Å². The number of fused-ring (bicyclic) bond motifs is 2. The molecule has 29 heavy (non-hydrogen) atoms. The van der Waals surface area contributed by atoms with Crippen molar-refractivity contribution < 1.29 is 39.0 Å². The third kappa shape index (κ3) is 3.13. The Bertz CT molecular complexity index is 889. The fourth-order valence-corrected chi connectivity index (χ4v) is 3.97. The minimum absolute atomic E-state index is 0.232. The molecule has 0 amide bonds. The number of aliphatic hydroxyl groups excluding tert-OH is 4. The molecule has 156 valence electrons. The van der Waals surface area contributed by atoms with Gasteiger partial charge in [-0.25, -0.2) is 4.39 Å². The zero-order chi connectivity index (χ0) is 20.8. The molecular formula is C21H23FO7. The average Bonchev–Trinajstić information content (AvgIpc) is 3.13. The van der Waals surface area contributed by atoms with E-state index in [1.165, 1.54) is 18.2 Å². The minimum atomic E-state index is -1.82. The van der Waals surface area contributed by atoms with Crippen LogP contribution in [0.4, 0.5) is 4.39 Å². The number of aliphatic hydroxyl groups is 4. The van der Waals surface area contributed by atoms with E-state index in [0.29, 0.717) is 11.3 Å². The summed E-state index contributed by atoms with van der Waals surface area (Å²) in [5, 5.41) is 40.9. The van der Waals surface area contributed by atoms with Gasteiger partial charge in [-0.15, -0.1) is 0 Å². The molecule has 2 aromatic rings. The minimum Gasteiger partial charge on any atom is -0.497 e. The zero-order valence-corrected chi connectivity index (χ0v) is 15.8. The van der Waals surface area contributed by atoms with Gasteiger partial charge in [-0.1, -0.05) is 18.2 Å². The summed E-state index contributed by atoms with van der Waals surface area (Å²) in [6.45, 7) is -0.844. The number of methoxy groups -OCH3 is 1. The molecule has 4 rings (SSSR count). The lowest BCUT2D eigenvalue weighted by Crippen LogP contribution is -2.65. The first kappa shape index (κ1) is 20.2. The molecule has 2 aliphatic rings. The summed E-state index contributed by atoms with van der Waals surface area (Å²) in [6, 6.07) is 11.3. The molecule has 7 nitrogen and oxygen atoms in total. The van der Waals surface area contributed by atoms with Crippen LogP contribution in [0.1, 0.15) is 16.7 Å². The van der Waals surface area contributed by atoms with Crippen molar-refractivity contribution in [3.8, 4) is 5.75 Å².